The molecule has 0 bridgehead atoms. The number of ether oxygens (including phenoxy) is 4. The fourth-order valence-electron chi connectivity index (χ4n) is 14.0. The van der Waals surface area contributed by atoms with E-state index in [0.29, 0.717) is 25.7 Å². The molecule has 17 nitrogen and oxygen atoms in total. The fourth-order valence-corrected chi connectivity index (χ4v) is 15.6. The molecule has 3 N–H and O–H groups in total. The van der Waals surface area contributed by atoms with Gasteiger partial charge in [0.15, 0.2) is 12.2 Å². The van der Waals surface area contributed by atoms with E-state index in [2.05, 4.69) is 34.6 Å². The number of carbonyl (C=O) groups is 4. The van der Waals surface area contributed by atoms with Crippen molar-refractivity contribution in [3.8, 4) is 0 Å². The molecule has 0 aromatic rings. The highest BCUT2D eigenvalue weighted by molar-refractivity contribution is 7.47. The predicted molar refractivity (Wildman–Crippen MR) is 446 cm³/mol. The van der Waals surface area contributed by atoms with E-state index in [4.69, 9.17) is 37.0 Å². The second kappa shape index (κ2) is 81.6. The van der Waals surface area contributed by atoms with Crippen LogP contribution in [0.1, 0.15) is 484 Å². The highest BCUT2D eigenvalue weighted by atomic mass is 31.2. The van der Waals surface area contributed by atoms with Gasteiger partial charge < -0.3 is 33.8 Å². The number of aliphatic hydroxyl groups excluding tert-OH is 1. The molecule has 108 heavy (non-hydrogen) atoms. The first kappa shape index (κ1) is 106. The second-order valence-electron chi connectivity index (χ2n) is 32.5. The normalized spacial score (nSPS) is 13.7. The summed E-state index contributed by atoms with van der Waals surface area (Å²) in [6.07, 6.45) is 76.4. The number of hydrogen-bond donors (Lipinski definition) is 3. The van der Waals surface area contributed by atoms with E-state index in [9.17, 15) is 43.2 Å². The molecule has 0 aromatic carbocycles. The summed E-state index contributed by atoms with van der Waals surface area (Å²) in [6.45, 7) is 7.40. The molecule has 0 radical (unpaired) electrons. The number of esters is 4. The molecule has 5 atom stereocenters. The van der Waals surface area contributed by atoms with Crippen LogP contribution in [0.25, 0.3) is 0 Å². The van der Waals surface area contributed by atoms with E-state index in [1.807, 2.05) is 0 Å². The first-order valence-corrected chi connectivity index (χ1v) is 49.1. The standard InChI is InChI=1S/C89H174O17P2/c1-6-9-12-15-18-21-24-27-29-31-33-35-37-39-43-48-53-58-63-68-73-87(92)100-79-85(105-88(93)74-69-64-59-54-49-44-40-38-36-34-32-30-28-25-22-19-16-13-10-7-2)81-104-108(97,98)102-77-83(90)76-101-107(95,96)103-80-84(78-99-86(91)72-67-62-57-52-47-26-23-20-17-14-11-8-3)106-89(94)75-70-65-60-55-50-45-41-42-46-51-56-61-66-71-82(4)5/h82-85,90H,6-81H2,1-5H3,(H,95,96)(H,97,98)/t83-,84+,85+/m0/s1. The van der Waals surface area contributed by atoms with Gasteiger partial charge in [0.2, 0.25) is 0 Å². The zero-order valence-corrected chi connectivity index (χ0v) is 72.8. The average Bonchev–Trinajstić information content (AvgIpc) is 0.899. The minimum atomic E-state index is -4.97. The van der Waals surface area contributed by atoms with Crippen LogP contribution in [0.2, 0.25) is 0 Å². The molecule has 0 spiro atoms. The highest BCUT2D eigenvalue weighted by Crippen LogP contribution is 2.45. The number of rotatable bonds is 89. The summed E-state index contributed by atoms with van der Waals surface area (Å²) in [5.74, 6) is -1.31. The molecule has 0 aliphatic heterocycles. The van der Waals surface area contributed by atoms with Crippen molar-refractivity contribution in [1.82, 2.24) is 0 Å². The van der Waals surface area contributed by atoms with E-state index in [-0.39, 0.29) is 25.7 Å². The van der Waals surface area contributed by atoms with Gasteiger partial charge in [-0.2, -0.15) is 0 Å². The number of phosphoric acid groups is 2. The molecule has 0 saturated carbocycles. The topological polar surface area (TPSA) is 237 Å². The van der Waals surface area contributed by atoms with E-state index >= 15 is 0 Å². The minimum Gasteiger partial charge on any atom is -0.462 e. The Kier molecular flexibility index (Phi) is 80.2. The maximum Gasteiger partial charge on any atom is 0.472 e. The van der Waals surface area contributed by atoms with Gasteiger partial charge in [0, 0.05) is 25.7 Å². The van der Waals surface area contributed by atoms with Gasteiger partial charge in [-0.15, -0.1) is 0 Å². The van der Waals surface area contributed by atoms with Crippen molar-refractivity contribution in [2.45, 2.75) is 502 Å². The monoisotopic (exact) mass is 1580 g/mol. The summed E-state index contributed by atoms with van der Waals surface area (Å²) in [4.78, 5) is 73.4. The third kappa shape index (κ3) is 82.1. The fraction of sp³-hybridized carbons (Fsp3) is 0.955. The Morgan fingerprint density at radius 1 is 0.250 bits per heavy atom. The first-order chi connectivity index (χ1) is 52.5. The van der Waals surface area contributed by atoms with Crippen molar-refractivity contribution in [3.63, 3.8) is 0 Å². The molecule has 19 heteroatoms. The number of phosphoric ester groups is 2. The van der Waals surface area contributed by atoms with Crippen LogP contribution in [0, 0.1) is 5.92 Å². The van der Waals surface area contributed by atoms with Gasteiger partial charge in [-0.25, -0.2) is 9.13 Å². The molecule has 0 amide bonds. The quantitative estimate of drug-likeness (QED) is 0.0222. The molecule has 0 fully saturated rings. The van der Waals surface area contributed by atoms with Crippen LogP contribution in [0.3, 0.4) is 0 Å². The SMILES string of the molecule is CCCCCCCCCCCCCCCCCCCCCCC(=O)OC[C@H](COP(=O)(O)OC[C@@H](O)COP(=O)(O)OC[C@@H](COC(=O)CCCCCCCCCCCCCC)OC(=O)CCCCCCCCCCCCCCCC(C)C)OC(=O)CCCCCCCCCCCCCCCCCCCCCC. The second-order valence-corrected chi connectivity index (χ2v) is 35.4. The van der Waals surface area contributed by atoms with Gasteiger partial charge in [-0.3, -0.25) is 37.3 Å². The van der Waals surface area contributed by atoms with Crippen LogP contribution in [-0.4, -0.2) is 96.7 Å². The molecule has 0 aliphatic rings. The van der Waals surface area contributed by atoms with Crippen molar-refractivity contribution in [2.24, 2.45) is 5.92 Å². The lowest BCUT2D eigenvalue weighted by Gasteiger charge is -2.21. The summed E-state index contributed by atoms with van der Waals surface area (Å²) in [5.41, 5.74) is 0. The molecule has 0 rings (SSSR count). The molecule has 0 aliphatic carbocycles. The van der Waals surface area contributed by atoms with Gasteiger partial charge in [-0.05, 0) is 31.6 Å². The maximum absolute atomic E-state index is 13.2. The summed E-state index contributed by atoms with van der Waals surface area (Å²) in [7, 11) is -9.93. The Hall–Kier alpha value is -1.94. The van der Waals surface area contributed by atoms with E-state index in [1.165, 1.54) is 308 Å². The predicted octanol–water partition coefficient (Wildman–Crippen LogP) is 27.5. The lowest BCUT2D eigenvalue weighted by Crippen LogP contribution is -2.30. The Bertz CT molecular complexity index is 2050. The minimum absolute atomic E-state index is 0.108. The molecule has 0 aromatic heterocycles. The smallest absolute Gasteiger partial charge is 0.462 e. The third-order valence-corrected chi connectivity index (χ3v) is 22.9. The van der Waals surface area contributed by atoms with E-state index in [1.54, 1.807) is 0 Å². The van der Waals surface area contributed by atoms with Crippen LogP contribution in [-0.2, 0) is 65.4 Å². The molecule has 642 valence electrons. The van der Waals surface area contributed by atoms with Crippen LogP contribution in [0.4, 0.5) is 0 Å². The van der Waals surface area contributed by atoms with Gasteiger partial charge in [0.05, 0.1) is 26.4 Å². The Balaban J connectivity index is 5.24. The number of carbonyl (C=O) groups excluding carboxylic acids is 4. The number of aliphatic hydroxyl groups is 1. The van der Waals surface area contributed by atoms with Crippen molar-refractivity contribution < 1.29 is 80.2 Å². The molecule has 0 saturated heterocycles. The summed E-state index contributed by atoms with van der Waals surface area (Å²) < 4.78 is 69.0. The molecular formula is C89H174O17P2. The lowest BCUT2D eigenvalue weighted by molar-refractivity contribution is -0.161. The maximum atomic E-state index is 13.2. The zero-order chi connectivity index (χ0) is 79.0. The summed E-state index contributed by atoms with van der Waals surface area (Å²) >= 11 is 0. The summed E-state index contributed by atoms with van der Waals surface area (Å²) in [5, 5.41) is 10.7. The number of hydrogen-bond acceptors (Lipinski definition) is 15. The van der Waals surface area contributed by atoms with Crippen molar-refractivity contribution in [3.05, 3.63) is 0 Å². The largest absolute Gasteiger partial charge is 0.472 e. The zero-order valence-electron chi connectivity index (χ0n) is 71.0. The van der Waals surface area contributed by atoms with Crippen LogP contribution < -0.4 is 0 Å². The Morgan fingerprint density at radius 2 is 0.426 bits per heavy atom. The van der Waals surface area contributed by atoms with Gasteiger partial charge in [0.25, 0.3) is 0 Å². The average molecular weight is 1580 g/mol. The van der Waals surface area contributed by atoms with E-state index < -0.39 is 97.5 Å². The molecule has 2 unspecified atom stereocenters. The molecular weight excluding hydrogens is 1400 g/mol. The molecule has 0 heterocycles. The lowest BCUT2D eigenvalue weighted by atomic mass is 10.0. The number of unbranched alkanes of at least 4 members (excludes halogenated alkanes) is 61. The van der Waals surface area contributed by atoms with Crippen LogP contribution in [0.5, 0.6) is 0 Å². The van der Waals surface area contributed by atoms with Crippen LogP contribution >= 0.6 is 15.6 Å². The van der Waals surface area contributed by atoms with Gasteiger partial charge in [-0.1, -0.05) is 433 Å². The van der Waals surface area contributed by atoms with Crippen molar-refractivity contribution in [2.75, 3.05) is 39.6 Å². The van der Waals surface area contributed by atoms with Gasteiger partial charge in [0.1, 0.15) is 19.3 Å². The Morgan fingerprint density at radius 3 is 0.630 bits per heavy atom. The van der Waals surface area contributed by atoms with Crippen molar-refractivity contribution >= 4 is 39.5 Å². The van der Waals surface area contributed by atoms with E-state index in [0.717, 1.165) is 95.8 Å². The van der Waals surface area contributed by atoms with Crippen molar-refractivity contribution in [1.29, 1.82) is 0 Å². The highest BCUT2D eigenvalue weighted by Gasteiger charge is 2.30. The van der Waals surface area contributed by atoms with Crippen LogP contribution in [0.15, 0.2) is 0 Å². The van der Waals surface area contributed by atoms with Gasteiger partial charge >= 0.3 is 39.5 Å². The first-order valence-electron chi connectivity index (χ1n) is 46.1. The Labute approximate surface area is 664 Å². The summed E-state index contributed by atoms with van der Waals surface area (Å²) in [6, 6.07) is 0. The third-order valence-electron chi connectivity index (χ3n) is 21.0.